The van der Waals surface area contributed by atoms with Crippen molar-refractivity contribution in [2.24, 2.45) is 5.92 Å². The molecule has 0 aromatic carbocycles. The Morgan fingerprint density at radius 3 is 2.85 bits per heavy atom. The highest BCUT2D eigenvalue weighted by Crippen LogP contribution is 2.39. The maximum absolute atomic E-state index is 12.4. The number of aliphatic hydroxyl groups excluding tert-OH is 1. The molecule has 0 spiro atoms. The number of rotatable bonds is 4. The van der Waals surface area contributed by atoms with Crippen molar-refractivity contribution in [3.63, 3.8) is 0 Å². The lowest BCUT2D eigenvalue weighted by Gasteiger charge is -2.37. The minimum Gasteiger partial charge on any atom is -0.393 e. The molecule has 3 N–H and O–H groups in total. The Labute approximate surface area is 121 Å². The predicted octanol–water partition coefficient (Wildman–Crippen LogP) is 2.63. The van der Waals surface area contributed by atoms with Gasteiger partial charge in [0.2, 0.25) is 0 Å². The van der Waals surface area contributed by atoms with E-state index in [1.165, 1.54) is 0 Å². The zero-order valence-electron chi connectivity index (χ0n) is 11.3. The summed E-state index contributed by atoms with van der Waals surface area (Å²) >= 11 is 1.65. The van der Waals surface area contributed by atoms with E-state index in [4.69, 9.17) is 0 Å². The first-order chi connectivity index (χ1) is 9.65. The third-order valence-corrected chi connectivity index (χ3v) is 4.91. The molecule has 20 heavy (non-hydrogen) atoms. The van der Waals surface area contributed by atoms with Crippen LogP contribution >= 0.6 is 11.3 Å². The summed E-state index contributed by atoms with van der Waals surface area (Å²) in [5.74, 6) is 0.274. The molecule has 0 aliphatic heterocycles. The molecular weight excluding hydrogens is 272 g/mol. The molecule has 3 rings (SSSR count). The van der Waals surface area contributed by atoms with Gasteiger partial charge in [-0.15, -0.1) is 11.3 Å². The minimum atomic E-state index is -0.214. The monoisotopic (exact) mass is 290 g/mol. The topological polar surface area (TPSA) is 65.1 Å². The summed E-state index contributed by atoms with van der Waals surface area (Å²) in [7, 11) is 0. The van der Waals surface area contributed by atoms with Crippen molar-refractivity contribution < 1.29 is 9.90 Å². The van der Waals surface area contributed by atoms with E-state index in [0.29, 0.717) is 11.5 Å². The van der Waals surface area contributed by atoms with Crippen LogP contribution in [0.4, 0.5) is 0 Å². The number of aryl methyl sites for hydroxylation is 1. The maximum atomic E-state index is 12.4. The van der Waals surface area contributed by atoms with Gasteiger partial charge in [0.05, 0.1) is 17.7 Å². The van der Waals surface area contributed by atoms with Crippen molar-refractivity contribution in [3.8, 4) is 0 Å². The molecule has 0 saturated heterocycles. The van der Waals surface area contributed by atoms with Gasteiger partial charge >= 0.3 is 0 Å². The first-order valence-electron chi connectivity index (χ1n) is 6.81. The van der Waals surface area contributed by atoms with E-state index >= 15 is 0 Å². The van der Waals surface area contributed by atoms with Gasteiger partial charge in [-0.1, -0.05) is 6.07 Å². The number of H-pyrrole nitrogens is 1. The van der Waals surface area contributed by atoms with Gasteiger partial charge < -0.3 is 15.4 Å². The number of carbonyl (C=O) groups excluding carboxylic acids is 1. The van der Waals surface area contributed by atoms with Crippen LogP contribution in [0.1, 0.15) is 39.8 Å². The Bertz CT molecular complexity index is 585. The summed E-state index contributed by atoms with van der Waals surface area (Å²) in [6.45, 7) is 1.89. The van der Waals surface area contributed by atoms with E-state index in [9.17, 15) is 9.90 Å². The second-order valence-electron chi connectivity index (χ2n) is 5.37. The number of aromatic nitrogens is 1. The fraction of sp³-hybridized carbons (Fsp3) is 0.400. The van der Waals surface area contributed by atoms with Gasteiger partial charge in [-0.2, -0.15) is 0 Å². The molecule has 1 saturated carbocycles. The van der Waals surface area contributed by atoms with Crippen LogP contribution in [0.3, 0.4) is 0 Å². The second-order valence-corrected chi connectivity index (χ2v) is 6.35. The Balaban J connectivity index is 1.77. The van der Waals surface area contributed by atoms with Crippen LogP contribution in [0, 0.1) is 12.8 Å². The van der Waals surface area contributed by atoms with Crippen LogP contribution in [0.5, 0.6) is 0 Å². The van der Waals surface area contributed by atoms with Gasteiger partial charge in [-0.3, -0.25) is 4.79 Å². The third-order valence-electron chi connectivity index (χ3n) is 3.96. The highest BCUT2D eigenvalue weighted by molar-refractivity contribution is 7.10. The molecular formula is C15H18N2O2S. The number of aliphatic hydroxyl groups is 1. The fourth-order valence-electron chi connectivity index (χ4n) is 2.71. The van der Waals surface area contributed by atoms with Crippen molar-refractivity contribution in [3.05, 3.63) is 45.9 Å². The summed E-state index contributed by atoms with van der Waals surface area (Å²) in [6, 6.07) is 5.84. The molecule has 0 radical (unpaired) electrons. The maximum Gasteiger partial charge on any atom is 0.253 e. The summed E-state index contributed by atoms with van der Waals surface area (Å²) < 4.78 is 0. The van der Waals surface area contributed by atoms with E-state index in [1.54, 1.807) is 23.6 Å². The summed E-state index contributed by atoms with van der Waals surface area (Å²) in [4.78, 5) is 16.5. The lowest BCUT2D eigenvalue weighted by Crippen LogP contribution is -2.41. The number of hydrogen-bond donors (Lipinski definition) is 3. The van der Waals surface area contributed by atoms with E-state index < -0.39 is 0 Å². The zero-order chi connectivity index (χ0) is 14.1. The second kappa shape index (κ2) is 5.42. The molecule has 2 aromatic heterocycles. The van der Waals surface area contributed by atoms with Gasteiger partial charge in [0.15, 0.2) is 0 Å². The van der Waals surface area contributed by atoms with Gasteiger partial charge in [0.1, 0.15) is 0 Å². The molecule has 2 heterocycles. The average Bonchev–Trinajstić information content (AvgIpc) is 3.03. The summed E-state index contributed by atoms with van der Waals surface area (Å²) in [5.41, 5.74) is 1.56. The van der Waals surface area contributed by atoms with Crippen LogP contribution in [0.2, 0.25) is 0 Å². The number of hydrogen-bond acceptors (Lipinski definition) is 3. The van der Waals surface area contributed by atoms with Crippen LogP contribution in [-0.2, 0) is 0 Å². The highest BCUT2D eigenvalue weighted by atomic mass is 32.1. The molecule has 1 unspecified atom stereocenters. The summed E-state index contributed by atoms with van der Waals surface area (Å²) in [5, 5.41) is 14.7. The predicted molar refractivity (Wildman–Crippen MR) is 78.8 cm³/mol. The fourth-order valence-corrected chi connectivity index (χ4v) is 3.58. The Morgan fingerprint density at radius 1 is 1.50 bits per heavy atom. The lowest BCUT2D eigenvalue weighted by molar-refractivity contribution is 0.0241. The number of carbonyl (C=O) groups is 1. The van der Waals surface area contributed by atoms with E-state index in [1.807, 2.05) is 24.4 Å². The lowest BCUT2D eigenvalue weighted by atomic mass is 9.76. The Hall–Kier alpha value is -1.59. The molecule has 5 heteroatoms. The summed E-state index contributed by atoms with van der Waals surface area (Å²) in [6.07, 6.45) is 3.08. The normalized spacial score (nSPS) is 23.1. The molecule has 1 fully saturated rings. The van der Waals surface area contributed by atoms with Crippen molar-refractivity contribution in [1.82, 2.24) is 10.3 Å². The van der Waals surface area contributed by atoms with Gasteiger partial charge in [-0.05, 0) is 43.2 Å². The van der Waals surface area contributed by atoms with Crippen LogP contribution < -0.4 is 5.32 Å². The average molecular weight is 290 g/mol. The zero-order valence-corrected chi connectivity index (χ0v) is 12.1. The van der Waals surface area contributed by atoms with Gasteiger partial charge in [0.25, 0.3) is 5.91 Å². The van der Waals surface area contributed by atoms with E-state index in [0.717, 1.165) is 23.4 Å². The van der Waals surface area contributed by atoms with Crippen LogP contribution in [-0.4, -0.2) is 22.1 Å². The van der Waals surface area contributed by atoms with Crippen molar-refractivity contribution in [2.75, 3.05) is 0 Å². The number of nitrogens with one attached hydrogen (secondary N) is 2. The first-order valence-corrected chi connectivity index (χ1v) is 7.69. The SMILES string of the molecule is Cc1[nH]ccc1C(=O)NC(c1cccs1)C1CC(O)C1. The van der Waals surface area contributed by atoms with Crippen LogP contribution in [0.15, 0.2) is 29.8 Å². The molecule has 106 valence electrons. The quantitative estimate of drug-likeness (QED) is 0.810. The van der Waals surface area contributed by atoms with Crippen LogP contribution in [0.25, 0.3) is 0 Å². The Kier molecular flexibility index (Phi) is 3.63. The number of aromatic amines is 1. The standard InChI is InChI=1S/C15H18N2O2S/c1-9-12(4-5-16-9)15(19)17-14(10-7-11(18)8-10)13-3-2-6-20-13/h2-6,10-11,14,16,18H,7-8H2,1H3,(H,17,19). The van der Waals surface area contributed by atoms with Crippen molar-refractivity contribution in [1.29, 1.82) is 0 Å². The number of thiophene rings is 1. The van der Waals surface area contributed by atoms with Crippen molar-refractivity contribution in [2.45, 2.75) is 31.9 Å². The highest BCUT2D eigenvalue weighted by Gasteiger charge is 2.36. The number of amides is 1. The molecule has 0 bridgehead atoms. The molecule has 2 aromatic rings. The van der Waals surface area contributed by atoms with Gasteiger partial charge in [-0.25, -0.2) is 0 Å². The largest absolute Gasteiger partial charge is 0.393 e. The van der Waals surface area contributed by atoms with Gasteiger partial charge in [0, 0.05) is 16.8 Å². The minimum absolute atomic E-state index is 0.000185. The molecule has 4 nitrogen and oxygen atoms in total. The third kappa shape index (κ3) is 2.51. The Morgan fingerprint density at radius 2 is 2.30 bits per heavy atom. The molecule has 1 aliphatic carbocycles. The van der Waals surface area contributed by atoms with E-state index in [-0.39, 0.29) is 18.1 Å². The molecule has 1 atom stereocenters. The molecule has 1 aliphatic rings. The first kappa shape index (κ1) is 13.4. The van der Waals surface area contributed by atoms with E-state index in [2.05, 4.69) is 10.3 Å². The van der Waals surface area contributed by atoms with Crippen molar-refractivity contribution >= 4 is 17.2 Å². The molecule has 1 amide bonds. The smallest absolute Gasteiger partial charge is 0.253 e.